The number of nitrogens with one attached hydrogen (secondary N) is 2. The van der Waals surface area contributed by atoms with Crippen LogP contribution in [0.5, 0.6) is 0 Å². The maximum Gasteiger partial charge on any atom is 0.278 e. The van der Waals surface area contributed by atoms with Gasteiger partial charge in [0.2, 0.25) is 0 Å². The highest BCUT2D eigenvalue weighted by Gasteiger charge is 2.31. The zero-order valence-electron chi connectivity index (χ0n) is 14.9. The van der Waals surface area contributed by atoms with E-state index in [-0.39, 0.29) is 11.9 Å². The summed E-state index contributed by atoms with van der Waals surface area (Å²) in [7, 11) is 0. The Hall–Kier alpha value is -1.33. The van der Waals surface area contributed by atoms with Gasteiger partial charge in [-0.15, -0.1) is 0 Å². The lowest BCUT2D eigenvalue weighted by Gasteiger charge is -2.30. The van der Waals surface area contributed by atoms with Crippen molar-refractivity contribution in [1.29, 1.82) is 0 Å². The van der Waals surface area contributed by atoms with E-state index in [1.165, 1.54) is 45.2 Å². The minimum Gasteiger partial charge on any atom is -0.463 e. The van der Waals surface area contributed by atoms with Crippen LogP contribution in [0.3, 0.4) is 0 Å². The predicted molar refractivity (Wildman–Crippen MR) is 92.6 cm³/mol. The second-order valence-corrected chi connectivity index (χ2v) is 7.54. The van der Waals surface area contributed by atoms with E-state index in [1.807, 2.05) is 13.0 Å². The number of hydrogen-bond donors (Lipinski definition) is 3. The molecule has 1 amide bonds. The van der Waals surface area contributed by atoms with Crippen LogP contribution in [-0.2, 0) is 4.79 Å². The van der Waals surface area contributed by atoms with E-state index in [9.17, 15) is 4.79 Å². The third-order valence-corrected chi connectivity index (χ3v) is 5.72. The summed E-state index contributed by atoms with van der Waals surface area (Å²) in [5.41, 5.74) is 0. The highest BCUT2D eigenvalue weighted by molar-refractivity contribution is 5.80. The van der Waals surface area contributed by atoms with Crippen molar-refractivity contribution in [3.8, 4) is 0 Å². The molecule has 1 aliphatic heterocycles. The Morgan fingerprint density at radius 3 is 2.71 bits per heavy atom. The van der Waals surface area contributed by atoms with E-state index in [2.05, 4.69) is 16.7 Å². The molecule has 1 saturated carbocycles. The Balaban J connectivity index is 1.53. The van der Waals surface area contributed by atoms with Crippen LogP contribution in [0, 0.1) is 0 Å². The summed E-state index contributed by atoms with van der Waals surface area (Å²) in [5, 5.41) is 5.41. The number of nitrogens with two attached hydrogens (primary N) is 1. The number of likely N-dealkylation sites (tertiary alicyclic amines) is 1. The van der Waals surface area contributed by atoms with Crippen LogP contribution >= 0.6 is 0 Å². The standard InChI is InChI=1S/C19H31N3O2/c1-15(19(23)21-16-8-3-4-9-16)20-14-17(18-10-7-13-24-18)22-11-5-2-6-12-22/h7,10,13,15-17,20H,2-6,8-9,11-12,14H2,1H3,(H,21,23)/p+2/t15-,17-/m0/s1. The molecule has 0 spiro atoms. The smallest absolute Gasteiger partial charge is 0.278 e. The average molecular weight is 335 g/mol. The van der Waals surface area contributed by atoms with E-state index in [1.54, 1.807) is 11.2 Å². The van der Waals surface area contributed by atoms with E-state index in [0.29, 0.717) is 12.1 Å². The maximum atomic E-state index is 12.4. The van der Waals surface area contributed by atoms with Crippen LogP contribution in [0.1, 0.15) is 63.7 Å². The number of amides is 1. The molecule has 0 aromatic carbocycles. The van der Waals surface area contributed by atoms with Crippen molar-refractivity contribution in [2.45, 2.75) is 70.0 Å². The molecule has 2 fully saturated rings. The zero-order chi connectivity index (χ0) is 16.8. The second-order valence-electron chi connectivity index (χ2n) is 7.54. The first-order valence-electron chi connectivity index (χ1n) is 9.75. The Labute approximate surface area is 145 Å². The summed E-state index contributed by atoms with van der Waals surface area (Å²) in [6, 6.07) is 4.78. The minimum atomic E-state index is -0.0350. The van der Waals surface area contributed by atoms with Gasteiger partial charge in [-0.25, -0.2) is 0 Å². The van der Waals surface area contributed by atoms with Gasteiger partial charge >= 0.3 is 0 Å². The Kier molecular flexibility index (Phi) is 6.32. The molecule has 0 bridgehead atoms. The Bertz CT molecular complexity index is 491. The zero-order valence-corrected chi connectivity index (χ0v) is 14.9. The molecule has 3 rings (SSSR count). The van der Waals surface area contributed by atoms with Crippen molar-refractivity contribution < 1.29 is 19.4 Å². The van der Waals surface area contributed by atoms with Gasteiger partial charge < -0.3 is 20.0 Å². The minimum absolute atomic E-state index is 0.0350. The molecule has 5 nitrogen and oxygen atoms in total. The van der Waals surface area contributed by atoms with Gasteiger partial charge in [0.25, 0.3) is 5.91 Å². The van der Waals surface area contributed by atoms with E-state index in [0.717, 1.165) is 25.1 Å². The maximum absolute atomic E-state index is 12.4. The topological polar surface area (TPSA) is 63.3 Å². The van der Waals surface area contributed by atoms with Crippen molar-refractivity contribution >= 4 is 5.91 Å². The van der Waals surface area contributed by atoms with Crippen molar-refractivity contribution in [3.05, 3.63) is 24.2 Å². The number of rotatable bonds is 7. The van der Waals surface area contributed by atoms with Gasteiger partial charge in [-0.2, -0.15) is 0 Å². The van der Waals surface area contributed by atoms with Gasteiger partial charge in [0.15, 0.2) is 17.8 Å². The number of carbonyl (C=O) groups is 1. The van der Waals surface area contributed by atoms with Crippen LogP contribution < -0.4 is 15.5 Å². The molecule has 0 radical (unpaired) electrons. The Morgan fingerprint density at radius 2 is 2.04 bits per heavy atom. The average Bonchev–Trinajstić information content (AvgIpc) is 3.30. The lowest BCUT2D eigenvalue weighted by molar-refractivity contribution is -0.951. The van der Waals surface area contributed by atoms with Crippen molar-refractivity contribution in [2.75, 3.05) is 19.6 Å². The lowest BCUT2D eigenvalue weighted by Crippen LogP contribution is -3.16. The largest absolute Gasteiger partial charge is 0.463 e. The number of quaternary nitrogens is 2. The molecule has 4 N–H and O–H groups in total. The molecule has 1 aliphatic carbocycles. The number of piperidine rings is 1. The van der Waals surface area contributed by atoms with Gasteiger partial charge in [0, 0.05) is 6.04 Å². The molecule has 1 aromatic heterocycles. The monoisotopic (exact) mass is 335 g/mol. The highest BCUT2D eigenvalue weighted by Crippen LogP contribution is 2.17. The van der Waals surface area contributed by atoms with E-state index in [4.69, 9.17) is 4.42 Å². The summed E-state index contributed by atoms with van der Waals surface area (Å²) in [6.07, 6.45) is 10.5. The predicted octanol–water partition coefficient (Wildman–Crippen LogP) is 0.400. The SMILES string of the molecule is C[C@H]([NH2+]C[C@@H](c1ccco1)[NH+]1CCCCC1)C(=O)NC1CCCC1. The van der Waals surface area contributed by atoms with Crippen LogP contribution in [0.25, 0.3) is 0 Å². The van der Waals surface area contributed by atoms with Gasteiger partial charge in [0.1, 0.15) is 6.54 Å². The van der Waals surface area contributed by atoms with E-state index >= 15 is 0 Å². The number of carbonyl (C=O) groups excluding carboxylic acids is 1. The summed E-state index contributed by atoms with van der Waals surface area (Å²) < 4.78 is 5.71. The Morgan fingerprint density at radius 1 is 1.29 bits per heavy atom. The molecule has 5 heteroatoms. The number of furan rings is 1. The molecule has 134 valence electrons. The fraction of sp³-hybridized carbons (Fsp3) is 0.737. The van der Waals surface area contributed by atoms with Crippen LogP contribution in [0.2, 0.25) is 0 Å². The second kappa shape index (κ2) is 8.67. The molecule has 0 unspecified atom stereocenters. The van der Waals surface area contributed by atoms with E-state index < -0.39 is 0 Å². The van der Waals surface area contributed by atoms with Crippen molar-refractivity contribution in [2.24, 2.45) is 0 Å². The highest BCUT2D eigenvalue weighted by atomic mass is 16.3. The summed E-state index contributed by atoms with van der Waals surface area (Å²) in [6.45, 7) is 5.35. The lowest BCUT2D eigenvalue weighted by atomic mass is 10.1. The summed E-state index contributed by atoms with van der Waals surface area (Å²) in [5.74, 6) is 1.25. The van der Waals surface area contributed by atoms with Crippen LogP contribution in [-0.4, -0.2) is 37.6 Å². The molecule has 2 atom stereocenters. The fourth-order valence-electron chi connectivity index (χ4n) is 4.18. The molecule has 1 aromatic rings. The fourth-order valence-corrected chi connectivity index (χ4v) is 4.18. The first-order chi connectivity index (χ1) is 11.7. The molecule has 24 heavy (non-hydrogen) atoms. The van der Waals surface area contributed by atoms with Gasteiger partial charge in [0.05, 0.1) is 19.4 Å². The molecule has 2 aliphatic rings. The first-order valence-corrected chi connectivity index (χ1v) is 9.75. The molecular formula is C19H33N3O2+2. The molecule has 1 saturated heterocycles. The third kappa shape index (κ3) is 4.61. The summed E-state index contributed by atoms with van der Waals surface area (Å²) in [4.78, 5) is 14.0. The van der Waals surface area contributed by atoms with Crippen molar-refractivity contribution in [3.63, 3.8) is 0 Å². The quantitative estimate of drug-likeness (QED) is 0.675. The first kappa shape index (κ1) is 17.5. The molecular weight excluding hydrogens is 302 g/mol. The normalized spacial score (nSPS) is 22.4. The van der Waals surface area contributed by atoms with Gasteiger partial charge in [-0.3, -0.25) is 4.79 Å². The third-order valence-electron chi connectivity index (χ3n) is 5.72. The number of hydrogen-bond acceptors (Lipinski definition) is 2. The van der Waals surface area contributed by atoms with Crippen LogP contribution in [0.15, 0.2) is 22.8 Å². The van der Waals surface area contributed by atoms with Gasteiger partial charge in [-0.1, -0.05) is 12.8 Å². The summed E-state index contributed by atoms with van der Waals surface area (Å²) >= 11 is 0. The van der Waals surface area contributed by atoms with Gasteiger partial charge in [-0.05, 0) is 51.2 Å². The molecule has 2 heterocycles. The van der Waals surface area contributed by atoms with Crippen molar-refractivity contribution in [1.82, 2.24) is 5.32 Å². The van der Waals surface area contributed by atoms with Crippen LogP contribution in [0.4, 0.5) is 0 Å².